The summed E-state index contributed by atoms with van der Waals surface area (Å²) >= 11 is 6.42. The number of aliphatic hydroxyl groups excluding tert-OH is 1. The molecule has 2 fully saturated rings. The van der Waals surface area contributed by atoms with E-state index in [1.54, 1.807) is 25.2 Å². The van der Waals surface area contributed by atoms with Gasteiger partial charge < -0.3 is 24.7 Å². The van der Waals surface area contributed by atoms with Crippen molar-refractivity contribution in [3.05, 3.63) is 70.3 Å². The average molecular weight is 698 g/mol. The Bertz CT molecular complexity index is 1750. The lowest BCUT2D eigenvalue weighted by Crippen LogP contribution is -2.50. The molecule has 0 radical (unpaired) electrons. The Morgan fingerprint density at radius 3 is 2.69 bits per heavy atom. The van der Waals surface area contributed by atoms with Crippen LogP contribution in [0.1, 0.15) is 68.1 Å². The van der Waals surface area contributed by atoms with Crippen molar-refractivity contribution < 1.29 is 33.0 Å². The van der Waals surface area contributed by atoms with Gasteiger partial charge in [0, 0.05) is 37.1 Å². The first kappa shape index (κ1) is 33.4. The highest BCUT2D eigenvalue weighted by atomic mass is 35.5. The maximum absolute atomic E-state index is 13.8. The summed E-state index contributed by atoms with van der Waals surface area (Å²) in [6, 6.07) is 11.0. The molecule has 2 saturated carbocycles. The van der Waals surface area contributed by atoms with Crippen LogP contribution >= 0.6 is 11.6 Å². The Balaban J connectivity index is 1.33. The fraction of sp³-hybridized carbons (Fsp3) is 0.556. The maximum atomic E-state index is 13.8. The van der Waals surface area contributed by atoms with E-state index in [9.17, 15) is 28.2 Å². The molecule has 0 aromatic heterocycles. The maximum Gasteiger partial charge on any atom is 0.270 e. The van der Waals surface area contributed by atoms with Crippen LogP contribution in [0.4, 0.5) is 5.69 Å². The van der Waals surface area contributed by atoms with Gasteiger partial charge >= 0.3 is 0 Å². The Labute approximate surface area is 287 Å². The van der Waals surface area contributed by atoms with Gasteiger partial charge in [-0.3, -0.25) is 14.3 Å². The van der Waals surface area contributed by atoms with Gasteiger partial charge in [0.1, 0.15) is 5.75 Å². The lowest BCUT2D eigenvalue weighted by atomic mass is 9.68. The Kier molecular flexibility index (Phi) is 8.79. The molecule has 2 aromatic carbocycles. The van der Waals surface area contributed by atoms with E-state index in [1.807, 2.05) is 24.3 Å². The summed E-state index contributed by atoms with van der Waals surface area (Å²) in [6.07, 6.45) is 8.41. The molecule has 5 atom stereocenters. The number of rotatable bonds is 3. The molecule has 2 heterocycles. The van der Waals surface area contributed by atoms with Crippen LogP contribution in [0.25, 0.3) is 0 Å². The third kappa shape index (κ3) is 6.23. The second kappa shape index (κ2) is 12.6. The predicted octanol–water partition coefficient (Wildman–Crippen LogP) is 3.80. The van der Waals surface area contributed by atoms with E-state index in [4.69, 9.17) is 16.3 Å². The summed E-state index contributed by atoms with van der Waals surface area (Å²) in [4.78, 5) is 31.0. The molecule has 7 rings (SSSR count). The lowest BCUT2D eigenvalue weighted by Gasteiger charge is -2.45. The van der Waals surface area contributed by atoms with E-state index < -0.39 is 45.2 Å². The number of fused-ring (bicyclic) bond motifs is 4. The predicted molar refractivity (Wildman–Crippen MR) is 182 cm³/mol. The zero-order valence-corrected chi connectivity index (χ0v) is 28.8. The van der Waals surface area contributed by atoms with E-state index >= 15 is 0 Å². The second-order valence-corrected chi connectivity index (χ2v) is 16.9. The first-order chi connectivity index (χ1) is 22.9. The number of ether oxygens (including phenoxy) is 1. The normalized spacial score (nSPS) is 31.5. The molecule has 2 aliphatic heterocycles. The molecule has 2 bridgehead atoms. The van der Waals surface area contributed by atoms with Crippen LogP contribution in [0.3, 0.4) is 0 Å². The molecule has 10 nitrogen and oxygen atoms in total. The summed E-state index contributed by atoms with van der Waals surface area (Å²) < 4.78 is 34.5. The quantitative estimate of drug-likeness (QED) is 0.413. The number of nitrogens with zero attached hydrogens (tertiary/aromatic N) is 2. The third-order valence-electron chi connectivity index (χ3n) is 11.3. The molecular formula is C36H44ClN3O7S. The van der Waals surface area contributed by atoms with Crippen molar-refractivity contribution in [2.75, 3.05) is 38.2 Å². The topological polar surface area (TPSA) is 136 Å². The van der Waals surface area contributed by atoms with Gasteiger partial charge in [-0.1, -0.05) is 35.9 Å². The third-order valence-corrected chi connectivity index (χ3v) is 13.3. The van der Waals surface area contributed by atoms with E-state index in [0.29, 0.717) is 62.0 Å². The number of hydrogen-bond acceptors (Lipinski definition) is 8. The fourth-order valence-electron chi connectivity index (χ4n) is 8.04. The van der Waals surface area contributed by atoms with Crippen molar-refractivity contribution in [1.82, 2.24) is 9.62 Å². The monoisotopic (exact) mass is 697 g/mol. The number of carbonyl (C=O) groups excluding carboxylic acids is 2. The van der Waals surface area contributed by atoms with Gasteiger partial charge in [0.15, 0.2) is 5.60 Å². The Morgan fingerprint density at radius 1 is 1.12 bits per heavy atom. The minimum absolute atomic E-state index is 0.0630. The van der Waals surface area contributed by atoms with Crippen LogP contribution in [-0.2, 0) is 37.0 Å². The molecule has 0 unspecified atom stereocenters. The zero-order chi connectivity index (χ0) is 33.8. The molecule has 2 amide bonds. The van der Waals surface area contributed by atoms with Crippen molar-refractivity contribution in [1.29, 1.82) is 0 Å². The first-order valence-corrected chi connectivity index (χ1v) is 19.0. The van der Waals surface area contributed by atoms with Gasteiger partial charge in [0.25, 0.3) is 5.91 Å². The molecule has 3 N–H and O–H groups in total. The summed E-state index contributed by atoms with van der Waals surface area (Å²) in [5.41, 5.74) is 0.344. The number of hydrogen-bond donors (Lipinski definition) is 3. The van der Waals surface area contributed by atoms with Gasteiger partial charge in [-0.15, -0.1) is 0 Å². The van der Waals surface area contributed by atoms with Crippen LogP contribution in [0.15, 0.2) is 48.6 Å². The molecule has 3 aliphatic carbocycles. The Morgan fingerprint density at radius 2 is 1.94 bits per heavy atom. The SMILES string of the molecule is CN1CC/C=C/[C@H](O)[C@@H]2CC[C@H]2CN2C[C@@]3(CCCc4cc(Cl)ccc43)COc3ccc(cc32)[C@@](O)(C(=O)NS(=O)(=O)C2CC2)CC1=O. The number of carbonyl (C=O) groups is 2. The minimum atomic E-state index is -4.01. The molecule has 48 heavy (non-hydrogen) atoms. The highest BCUT2D eigenvalue weighted by Gasteiger charge is 2.48. The lowest BCUT2D eigenvalue weighted by molar-refractivity contribution is -0.148. The van der Waals surface area contributed by atoms with Crippen LogP contribution in [0.2, 0.25) is 5.02 Å². The Hall–Kier alpha value is -3.12. The molecule has 0 saturated heterocycles. The first-order valence-electron chi connectivity index (χ1n) is 17.1. The number of amides is 2. The second-order valence-electron chi connectivity index (χ2n) is 14.5. The number of aryl methyl sites for hydroxylation is 1. The number of aliphatic hydroxyl groups is 2. The number of anilines is 1. The largest absolute Gasteiger partial charge is 0.490 e. The summed E-state index contributed by atoms with van der Waals surface area (Å²) in [6.45, 7) is 1.92. The number of sulfonamides is 1. The van der Waals surface area contributed by atoms with Crippen molar-refractivity contribution in [2.45, 2.75) is 80.2 Å². The van der Waals surface area contributed by atoms with Gasteiger partial charge in [-0.2, -0.15) is 0 Å². The molecular weight excluding hydrogens is 654 g/mol. The summed E-state index contributed by atoms with van der Waals surface area (Å²) in [7, 11) is -2.43. The summed E-state index contributed by atoms with van der Waals surface area (Å²) in [5, 5.41) is 23.4. The van der Waals surface area contributed by atoms with Gasteiger partial charge in [-0.05, 0) is 104 Å². The van der Waals surface area contributed by atoms with Gasteiger partial charge in [0.2, 0.25) is 15.9 Å². The molecule has 5 aliphatic rings. The van der Waals surface area contributed by atoms with Crippen LogP contribution < -0.4 is 14.4 Å². The smallest absolute Gasteiger partial charge is 0.270 e. The van der Waals surface area contributed by atoms with Crippen molar-refractivity contribution in [3.63, 3.8) is 0 Å². The fourth-order valence-corrected chi connectivity index (χ4v) is 9.58. The molecule has 1 spiro atoms. The van der Waals surface area contributed by atoms with Crippen molar-refractivity contribution in [3.8, 4) is 5.75 Å². The highest BCUT2D eigenvalue weighted by Crippen LogP contribution is 2.47. The van der Waals surface area contributed by atoms with Crippen molar-refractivity contribution in [2.24, 2.45) is 11.8 Å². The zero-order valence-electron chi connectivity index (χ0n) is 27.2. The number of nitrogens with one attached hydrogen (secondary N) is 1. The summed E-state index contributed by atoms with van der Waals surface area (Å²) in [5.74, 6) is -0.836. The van der Waals surface area contributed by atoms with Crippen LogP contribution in [0, 0.1) is 11.8 Å². The minimum Gasteiger partial charge on any atom is -0.490 e. The van der Waals surface area contributed by atoms with E-state index in [0.717, 1.165) is 32.1 Å². The van der Waals surface area contributed by atoms with E-state index in [1.165, 1.54) is 16.0 Å². The van der Waals surface area contributed by atoms with Crippen molar-refractivity contribution >= 4 is 39.1 Å². The average Bonchev–Trinajstić information content (AvgIpc) is 3.90. The molecule has 12 heteroatoms. The van der Waals surface area contributed by atoms with E-state index in [2.05, 4.69) is 15.7 Å². The highest BCUT2D eigenvalue weighted by molar-refractivity contribution is 7.90. The molecule has 2 aromatic rings. The number of benzene rings is 2. The molecule has 258 valence electrons. The standard InChI is InChI=1S/C36H44ClN3O7S/c1-39-16-3-2-6-31(41)28-12-7-24(28)20-40-21-35(15-4-5-23-17-26(37)9-13-29(23)35)22-47-32-14-8-25(18-30(32)40)36(44,19-33(39)42)34(43)38-48(45,46)27-10-11-27/h2,6,8-9,13-14,17-18,24,27-28,31,41,44H,3-5,7,10-12,15-16,19-22H2,1H3,(H,38,43)/b6-2+/t24-,28+,31-,35-,36+/m0/s1. The van der Waals surface area contributed by atoms with Gasteiger partial charge in [-0.25, -0.2) is 8.42 Å². The van der Waals surface area contributed by atoms with Crippen LogP contribution in [-0.4, -0.2) is 80.0 Å². The van der Waals surface area contributed by atoms with E-state index in [-0.39, 0.29) is 22.8 Å². The van der Waals surface area contributed by atoms with Crippen LogP contribution in [0.5, 0.6) is 5.75 Å². The van der Waals surface area contributed by atoms with Gasteiger partial charge in [0.05, 0.1) is 30.1 Å². The number of halogens is 1.